The van der Waals surface area contributed by atoms with Gasteiger partial charge < -0.3 is 5.32 Å². The highest BCUT2D eigenvalue weighted by Crippen LogP contribution is 2.23. The maximum atomic E-state index is 11.1. The van der Waals surface area contributed by atoms with Crippen LogP contribution in [0, 0.1) is 5.92 Å². The lowest BCUT2D eigenvalue weighted by Crippen LogP contribution is -2.28. The lowest BCUT2D eigenvalue weighted by atomic mass is 10.1. The molecule has 0 saturated heterocycles. The molecule has 0 aliphatic heterocycles. The molecule has 0 atom stereocenters. The van der Waals surface area contributed by atoms with E-state index >= 15 is 0 Å². The Morgan fingerprint density at radius 1 is 1.42 bits per heavy atom. The molecule has 1 saturated carbocycles. The van der Waals surface area contributed by atoms with Crippen LogP contribution in [0.5, 0.6) is 0 Å². The van der Waals surface area contributed by atoms with Gasteiger partial charge in [-0.2, -0.15) is 0 Å². The van der Waals surface area contributed by atoms with Crippen LogP contribution < -0.4 is 5.32 Å². The number of hydrogen-bond acceptors (Lipinski definition) is 1. The minimum atomic E-state index is 0.179. The first-order chi connectivity index (χ1) is 5.83. The molecule has 0 radical (unpaired) electrons. The molecule has 0 unspecified atom stereocenters. The Balaban J connectivity index is 2.03. The molecule has 1 aliphatic rings. The standard InChI is InChI=1S/C9H16BrNO/c10-6-5-9(12)11-7-8-3-1-2-4-8/h8H,1-7H2,(H,11,12). The minimum absolute atomic E-state index is 0.179. The highest BCUT2D eigenvalue weighted by atomic mass is 79.9. The number of alkyl halides is 1. The average molecular weight is 234 g/mol. The second-order valence-corrected chi connectivity index (χ2v) is 4.19. The topological polar surface area (TPSA) is 29.1 Å². The molecule has 1 fully saturated rings. The van der Waals surface area contributed by atoms with Gasteiger partial charge in [0.05, 0.1) is 0 Å². The highest BCUT2D eigenvalue weighted by Gasteiger charge is 2.15. The van der Waals surface area contributed by atoms with Gasteiger partial charge in [0.2, 0.25) is 5.91 Å². The summed E-state index contributed by atoms with van der Waals surface area (Å²) in [5.41, 5.74) is 0. The van der Waals surface area contributed by atoms with Crippen LogP contribution in [0.15, 0.2) is 0 Å². The first-order valence-corrected chi connectivity index (χ1v) is 5.77. The second-order valence-electron chi connectivity index (χ2n) is 3.39. The van der Waals surface area contributed by atoms with E-state index in [1.54, 1.807) is 0 Å². The third kappa shape index (κ3) is 3.57. The van der Waals surface area contributed by atoms with Gasteiger partial charge in [-0.05, 0) is 18.8 Å². The molecule has 70 valence electrons. The first kappa shape index (κ1) is 10.0. The number of hydrogen-bond donors (Lipinski definition) is 1. The van der Waals surface area contributed by atoms with E-state index in [2.05, 4.69) is 21.2 Å². The van der Waals surface area contributed by atoms with Crippen molar-refractivity contribution in [2.75, 3.05) is 11.9 Å². The molecule has 2 nitrogen and oxygen atoms in total. The highest BCUT2D eigenvalue weighted by molar-refractivity contribution is 9.09. The van der Waals surface area contributed by atoms with Crippen LogP contribution in [0.4, 0.5) is 0 Å². The van der Waals surface area contributed by atoms with Crippen molar-refractivity contribution in [3.8, 4) is 0 Å². The molecule has 0 heterocycles. The number of amides is 1. The lowest BCUT2D eigenvalue weighted by molar-refractivity contribution is -0.120. The van der Waals surface area contributed by atoms with E-state index in [1.165, 1.54) is 25.7 Å². The Labute approximate surface area is 82.2 Å². The molecular formula is C9H16BrNO. The molecule has 1 aliphatic carbocycles. The summed E-state index contributed by atoms with van der Waals surface area (Å²) in [4.78, 5) is 11.1. The SMILES string of the molecule is O=C(CCBr)NCC1CCCC1. The van der Waals surface area contributed by atoms with Gasteiger partial charge in [-0.1, -0.05) is 28.8 Å². The van der Waals surface area contributed by atoms with E-state index in [0.717, 1.165) is 17.8 Å². The molecule has 0 aromatic carbocycles. The van der Waals surface area contributed by atoms with Crippen LogP contribution >= 0.6 is 15.9 Å². The number of carbonyl (C=O) groups excluding carboxylic acids is 1. The molecule has 1 N–H and O–H groups in total. The normalized spacial score (nSPS) is 18.1. The van der Waals surface area contributed by atoms with E-state index in [9.17, 15) is 4.79 Å². The van der Waals surface area contributed by atoms with Gasteiger partial charge in [0.1, 0.15) is 0 Å². The molecule has 0 aromatic heterocycles. The van der Waals surface area contributed by atoms with Crippen molar-refractivity contribution in [1.29, 1.82) is 0 Å². The molecule has 1 amide bonds. The summed E-state index contributed by atoms with van der Waals surface area (Å²) in [6.45, 7) is 0.895. The largest absolute Gasteiger partial charge is 0.356 e. The zero-order chi connectivity index (χ0) is 8.81. The Morgan fingerprint density at radius 2 is 2.08 bits per heavy atom. The lowest BCUT2D eigenvalue weighted by Gasteiger charge is -2.09. The summed E-state index contributed by atoms with van der Waals surface area (Å²) in [5.74, 6) is 0.933. The molecule has 0 spiro atoms. The van der Waals surface area contributed by atoms with Gasteiger partial charge in [-0.15, -0.1) is 0 Å². The van der Waals surface area contributed by atoms with Crippen molar-refractivity contribution >= 4 is 21.8 Å². The molecule has 3 heteroatoms. The van der Waals surface area contributed by atoms with E-state index in [4.69, 9.17) is 0 Å². The third-order valence-corrected chi connectivity index (χ3v) is 2.78. The van der Waals surface area contributed by atoms with Crippen LogP contribution in [-0.4, -0.2) is 17.8 Å². The Bertz CT molecular complexity index is 143. The van der Waals surface area contributed by atoms with Crippen molar-refractivity contribution in [2.24, 2.45) is 5.92 Å². The number of nitrogens with one attached hydrogen (secondary N) is 1. The van der Waals surface area contributed by atoms with E-state index in [1.807, 2.05) is 0 Å². The fourth-order valence-corrected chi connectivity index (χ4v) is 2.01. The summed E-state index contributed by atoms with van der Waals surface area (Å²) in [6, 6.07) is 0. The zero-order valence-electron chi connectivity index (χ0n) is 7.31. The fraction of sp³-hybridized carbons (Fsp3) is 0.889. The molecule has 0 aromatic rings. The number of carbonyl (C=O) groups is 1. The summed E-state index contributed by atoms with van der Waals surface area (Å²) >= 11 is 3.24. The second kappa shape index (κ2) is 5.57. The van der Waals surface area contributed by atoms with Gasteiger partial charge in [0.25, 0.3) is 0 Å². The summed E-state index contributed by atoms with van der Waals surface area (Å²) in [7, 11) is 0. The van der Waals surface area contributed by atoms with Crippen molar-refractivity contribution in [2.45, 2.75) is 32.1 Å². The van der Waals surface area contributed by atoms with Crippen LogP contribution in [0.2, 0.25) is 0 Å². The van der Waals surface area contributed by atoms with Gasteiger partial charge in [-0.3, -0.25) is 4.79 Å². The van der Waals surface area contributed by atoms with Gasteiger partial charge in [-0.25, -0.2) is 0 Å². The van der Waals surface area contributed by atoms with E-state index < -0.39 is 0 Å². The van der Waals surface area contributed by atoms with E-state index in [0.29, 0.717) is 6.42 Å². The van der Waals surface area contributed by atoms with Crippen molar-refractivity contribution in [3.05, 3.63) is 0 Å². The minimum Gasteiger partial charge on any atom is -0.356 e. The van der Waals surface area contributed by atoms with Crippen molar-refractivity contribution in [1.82, 2.24) is 5.32 Å². The van der Waals surface area contributed by atoms with Gasteiger partial charge in [0.15, 0.2) is 0 Å². The molecule has 0 bridgehead atoms. The van der Waals surface area contributed by atoms with Crippen LogP contribution in [-0.2, 0) is 4.79 Å². The Hall–Kier alpha value is -0.0500. The fourth-order valence-electron chi connectivity index (χ4n) is 1.65. The predicted molar refractivity (Wildman–Crippen MR) is 53.4 cm³/mol. The number of halogens is 1. The summed E-state index contributed by atoms with van der Waals surface area (Å²) < 4.78 is 0. The molecular weight excluding hydrogens is 218 g/mol. The first-order valence-electron chi connectivity index (χ1n) is 4.65. The van der Waals surface area contributed by atoms with Crippen LogP contribution in [0.3, 0.4) is 0 Å². The third-order valence-electron chi connectivity index (χ3n) is 2.38. The summed E-state index contributed by atoms with van der Waals surface area (Å²) in [5, 5.41) is 3.72. The zero-order valence-corrected chi connectivity index (χ0v) is 8.90. The maximum Gasteiger partial charge on any atom is 0.220 e. The maximum absolute atomic E-state index is 11.1. The molecule has 12 heavy (non-hydrogen) atoms. The predicted octanol–water partition coefficient (Wildman–Crippen LogP) is 2.08. The van der Waals surface area contributed by atoms with Crippen LogP contribution in [0.1, 0.15) is 32.1 Å². The van der Waals surface area contributed by atoms with E-state index in [-0.39, 0.29) is 5.91 Å². The Morgan fingerprint density at radius 3 is 2.67 bits per heavy atom. The molecule has 1 rings (SSSR count). The monoisotopic (exact) mass is 233 g/mol. The van der Waals surface area contributed by atoms with Crippen molar-refractivity contribution in [3.63, 3.8) is 0 Å². The smallest absolute Gasteiger partial charge is 0.220 e. The quantitative estimate of drug-likeness (QED) is 0.741. The van der Waals surface area contributed by atoms with Crippen molar-refractivity contribution < 1.29 is 4.79 Å². The van der Waals surface area contributed by atoms with Gasteiger partial charge in [0, 0.05) is 18.3 Å². The van der Waals surface area contributed by atoms with Gasteiger partial charge >= 0.3 is 0 Å². The number of rotatable bonds is 4. The Kier molecular flexibility index (Phi) is 4.66. The van der Waals surface area contributed by atoms with Crippen LogP contribution in [0.25, 0.3) is 0 Å². The summed E-state index contributed by atoms with van der Waals surface area (Å²) in [6.07, 6.45) is 5.90. The average Bonchev–Trinajstić information content (AvgIpc) is 2.53.